The minimum absolute atomic E-state index is 0.000948. The molecule has 3 amide bonds. The molecule has 1 aliphatic heterocycles. The lowest BCUT2D eigenvalue weighted by Gasteiger charge is -2.19. The van der Waals surface area contributed by atoms with Crippen molar-refractivity contribution < 1.29 is 14.4 Å². The Labute approximate surface area is 165 Å². The molecule has 28 heavy (non-hydrogen) atoms. The van der Waals surface area contributed by atoms with Crippen molar-refractivity contribution in [3.05, 3.63) is 59.2 Å². The maximum Gasteiger partial charge on any atom is 0.254 e. The topological polar surface area (TPSA) is 69.7 Å². The molecule has 1 aliphatic rings. The summed E-state index contributed by atoms with van der Waals surface area (Å²) >= 11 is 0. The van der Waals surface area contributed by atoms with Crippen LogP contribution in [0.1, 0.15) is 35.3 Å². The normalized spacial score (nSPS) is 12.5. The molecule has 2 aromatic carbocycles. The monoisotopic (exact) mass is 379 g/mol. The zero-order valence-electron chi connectivity index (χ0n) is 16.5. The van der Waals surface area contributed by atoms with Gasteiger partial charge in [0.1, 0.15) is 0 Å². The van der Waals surface area contributed by atoms with E-state index in [9.17, 15) is 14.4 Å². The number of amides is 3. The number of hydrogen-bond donors (Lipinski definition) is 1. The first-order valence-corrected chi connectivity index (χ1v) is 9.45. The van der Waals surface area contributed by atoms with Crippen LogP contribution >= 0.6 is 0 Å². The number of benzene rings is 2. The predicted octanol–water partition coefficient (Wildman–Crippen LogP) is 2.87. The molecule has 0 spiro atoms. The number of para-hydroxylation sites is 1. The van der Waals surface area contributed by atoms with Crippen LogP contribution in [0.15, 0.2) is 42.5 Å². The highest BCUT2D eigenvalue weighted by atomic mass is 16.2. The average Bonchev–Trinajstić information content (AvgIpc) is 3.11. The van der Waals surface area contributed by atoms with Crippen molar-refractivity contribution in [3.63, 3.8) is 0 Å². The summed E-state index contributed by atoms with van der Waals surface area (Å²) in [6, 6.07) is 13.0. The summed E-state index contributed by atoms with van der Waals surface area (Å²) in [7, 11) is 1.61. The molecule has 6 nitrogen and oxygen atoms in total. The number of nitrogens with zero attached hydrogens (tertiary/aromatic N) is 2. The Bertz CT molecular complexity index is 923. The third-order valence-electron chi connectivity index (χ3n) is 5.00. The van der Waals surface area contributed by atoms with E-state index < -0.39 is 0 Å². The van der Waals surface area contributed by atoms with Crippen molar-refractivity contribution in [3.8, 4) is 0 Å². The summed E-state index contributed by atoms with van der Waals surface area (Å²) in [5, 5.41) is 2.88. The van der Waals surface area contributed by atoms with Crippen molar-refractivity contribution in [1.29, 1.82) is 0 Å². The quantitative estimate of drug-likeness (QED) is 0.868. The van der Waals surface area contributed by atoms with Crippen molar-refractivity contribution in [1.82, 2.24) is 4.90 Å². The molecule has 0 fully saturated rings. The molecule has 6 heteroatoms. The first-order chi connectivity index (χ1) is 13.4. The van der Waals surface area contributed by atoms with Crippen LogP contribution in [0.5, 0.6) is 0 Å². The van der Waals surface area contributed by atoms with E-state index in [0.29, 0.717) is 12.1 Å². The lowest BCUT2D eigenvalue weighted by atomic mass is 10.1. The molecule has 3 rings (SSSR count). The van der Waals surface area contributed by atoms with Gasteiger partial charge < -0.3 is 15.1 Å². The van der Waals surface area contributed by atoms with Crippen LogP contribution in [0.25, 0.3) is 0 Å². The molecular formula is C22H25N3O3. The van der Waals surface area contributed by atoms with E-state index in [1.54, 1.807) is 18.0 Å². The number of nitrogens with one attached hydrogen (secondary N) is 1. The van der Waals surface area contributed by atoms with Gasteiger partial charge in [-0.3, -0.25) is 14.4 Å². The van der Waals surface area contributed by atoms with Gasteiger partial charge >= 0.3 is 0 Å². The van der Waals surface area contributed by atoms with Crippen LogP contribution < -0.4 is 10.2 Å². The molecule has 1 N–H and O–H groups in total. The maximum absolute atomic E-state index is 12.7. The summed E-state index contributed by atoms with van der Waals surface area (Å²) in [6.45, 7) is 4.17. The van der Waals surface area contributed by atoms with Crippen molar-refractivity contribution >= 4 is 29.1 Å². The highest BCUT2D eigenvalue weighted by Crippen LogP contribution is 2.29. The van der Waals surface area contributed by atoms with Gasteiger partial charge in [0.15, 0.2) is 0 Å². The van der Waals surface area contributed by atoms with E-state index in [1.165, 1.54) is 11.8 Å². The van der Waals surface area contributed by atoms with Crippen LogP contribution in [0.4, 0.5) is 11.4 Å². The maximum atomic E-state index is 12.7. The number of carbonyl (C=O) groups excluding carboxylic acids is 3. The molecule has 0 aliphatic carbocycles. The number of aryl methyl sites for hydroxylation is 1. The SMILES string of the molecule is CCc1ccccc1NC(=O)CN(C)C(=O)c1ccc2c(c1)CCN2C(C)=O. The van der Waals surface area contributed by atoms with Gasteiger partial charge in [-0.1, -0.05) is 25.1 Å². The molecule has 0 unspecified atom stereocenters. The zero-order valence-corrected chi connectivity index (χ0v) is 16.5. The van der Waals surface area contributed by atoms with Gasteiger partial charge in [0.05, 0.1) is 6.54 Å². The predicted molar refractivity (Wildman–Crippen MR) is 110 cm³/mol. The minimum Gasteiger partial charge on any atom is -0.332 e. The number of likely N-dealkylation sites (N-methyl/N-ethyl adjacent to an activating group) is 1. The minimum atomic E-state index is -0.235. The van der Waals surface area contributed by atoms with Gasteiger partial charge in [0, 0.05) is 37.5 Å². The third kappa shape index (κ3) is 4.06. The summed E-state index contributed by atoms with van der Waals surface area (Å²) in [4.78, 5) is 39.9. The molecule has 1 heterocycles. The van der Waals surface area contributed by atoms with E-state index in [0.717, 1.165) is 35.3 Å². The second-order valence-electron chi connectivity index (χ2n) is 6.98. The first kappa shape index (κ1) is 19.6. The fourth-order valence-corrected chi connectivity index (χ4v) is 3.51. The Kier molecular flexibility index (Phi) is 5.78. The number of rotatable bonds is 5. The lowest BCUT2D eigenvalue weighted by molar-refractivity contribution is -0.117. The van der Waals surface area contributed by atoms with Gasteiger partial charge in [-0.15, -0.1) is 0 Å². The fraction of sp³-hybridized carbons (Fsp3) is 0.318. The van der Waals surface area contributed by atoms with Gasteiger partial charge in [-0.05, 0) is 48.2 Å². The molecule has 0 radical (unpaired) electrons. The van der Waals surface area contributed by atoms with Gasteiger partial charge in [0.2, 0.25) is 11.8 Å². The van der Waals surface area contributed by atoms with Crippen LogP contribution in [-0.4, -0.2) is 42.8 Å². The van der Waals surface area contributed by atoms with E-state index in [2.05, 4.69) is 5.32 Å². The first-order valence-electron chi connectivity index (χ1n) is 9.45. The summed E-state index contributed by atoms with van der Waals surface area (Å²) in [5.74, 6) is -0.456. The Morgan fingerprint density at radius 3 is 2.61 bits per heavy atom. The Balaban J connectivity index is 1.66. The number of anilines is 2. The summed E-state index contributed by atoms with van der Waals surface area (Å²) in [6.07, 6.45) is 1.55. The largest absolute Gasteiger partial charge is 0.332 e. The van der Waals surface area contributed by atoms with E-state index in [1.807, 2.05) is 43.3 Å². The van der Waals surface area contributed by atoms with Crippen molar-refractivity contribution in [2.75, 3.05) is 30.4 Å². The highest BCUT2D eigenvalue weighted by Gasteiger charge is 2.24. The average molecular weight is 379 g/mol. The van der Waals surface area contributed by atoms with Crippen LogP contribution in [-0.2, 0) is 22.4 Å². The second kappa shape index (κ2) is 8.25. The van der Waals surface area contributed by atoms with E-state index >= 15 is 0 Å². The van der Waals surface area contributed by atoms with Crippen LogP contribution in [0.3, 0.4) is 0 Å². The van der Waals surface area contributed by atoms with Crippen molar-refractivity contribution in [2.45, 2.75) is 26.7 Å². The zero-order chi connectivity index (χ0) is 20.3. The van der Waals surface area contributed by atoms with Crippen LogP contribution in [0.2, 0.25) is 0 Å². The third-order valence-corrected chi connectivity index (χ3v) is 5.00. The molecule has 146 valence electrons. The van der Waals surface area contributed by atoms with Gasteiger partial charge in [-0.2, -0.15) is 0 Å². The molecule has 0 aromatic heterocycles. The molecule has 0 saturated heterocycles. The second-order valence-corrected chi connectivity index (χ2v) is 6.98. The lowest BCUT2D eigenvalue weighted by Crippen LogP contribution is -2.35. The summed E-state index contributed by atoms with van der Waals surface area (Å²) < 4.78 is 0. The number of fused-ring (bicyclic) bond motifs is 1. The van der Waals surface area contributed by atoms with Gasteiger partial charge in [-0.25, -0.2) is 0 Å². The van der Waals surface area contributed by atoms with E-state index in [4.69, 9.17) is 0 Å². The van der Waals surface area contributed by atoms with Gasteiger partial charge in [0.25, 0.3) is 5.91 Å². The standard InChI is InChI=1S/C22H25N3O3/c1-4-16-7-5-6-8-19(16)23-21(27)14-24(3)22(28)18-9-10-20-17(13-18)11-12-25(20)15(2)26/h5-10,13H,4,11-12,14H2,1-3H3,(H,23,27). The summed E-state index contributed by atoms with van der Waals surface area (Å²) in [5.41, 5.74) is 4.20. The Morgan fingerprint density at radius 2 is 1.89 bits per heavy atom. The number of hydrogen-bond acceptors (Lipinski definition) is 3. The fourth-order valence-electron chi connectivity index (χ4n) is 3.51. The molecule has 0 atom stereocenters. The van der Waals surface area contributed by atoms with Crippen molar-refractivity contribution in [2.24, 2.45) is 0 Å². The molecule has 0 bridgehead atoms. The number of carbonyl (C=O) groups is 3. The highest BCUT2D eigenvalue weighted by molar-refractivity contribution is 6.00. The molecule has 2 aromatic rings. The Hall–Kier alpha value is -3.15. The smallest absolute Gasteiger partial charge is 0.254 e. The van der Waals surface area contributed by atoms with Crippen LogP contribution in [0, 0.1) is 0 Å². The Morgan fingerprint density at radius 1 is 1.14 bits per heavy atom. The molecular weight excluding hydrogens is 354 g/mol. The molecule has 0 saturated carbocycles. The van der Waals surface area contributed by atoms with E-state index in [-0.39, 0.29) is 24.3 Å².